The van der Waals surface area contributed by atoms with Crippen LogP contribution in [0.25, 0.3) is 0 Å². The number of halogens is 1. The van der Waals surface area contributed by atoms with Gasteiger partial charge in [-0.1, -0.05) is 46.3 Å². The van der Waals surface area contributed by atoms with Crippen molar-refractivity contribution in [1.82, 2.24) is 9.78 Å². The van der Waals surface area contributed by atoms with Crippen LogP contribution in [0.4, 0.5) is 0 Å². The molecule has 0 unspecified atom stereocenters. The molecule has 0 bridgehead atoms. The zero-order valence-corrected chi connectivity index (χ0v) is 16.9. The molecule has 1 aromatic heterocycles. The zero-order chi connectivity index (χ0) is 19.2. The smallest absolute Gasteiger partial charge is 0.342 e. The Morgan fingerprint density at radius 3 is 2.44 bits per heavy atom. The second-order valence-electron chi connectivity index (χ2n) is 6.13. The maximum absolute atomic E-state index is 12.5. The summed E-state index contributed by atoms with van der Waals surface area (Å²) < 4.78 is 13.8. The van der Waals surface area contributed by atoms with Gasteiger partial charge in [0.15, 0.2) is 0 Å². The zero-order valence-electron chi connectivity index (χ0n) is 15.3. The van der Waals surface area contributed by atoms with E-state index in [0.29, 0.717) is 24.4 Å². The number of hydrogen-bond acceptors (Lipinski definition) is 4. The number of aromatic nitrogens is 2. The van der Waals surface area contributed by atoms with E-state index in [-0.39, 0.29) is 12.6 Å². The highest BCUT2D eigenvalue weighted by Gasteiger charge is 2.20. The third kappa shape index (κ3) is 4.98. The van der Waals surface area contributed by atoms with Crippen molar-refractivity contribution in [2.24, 2.45) is 0 Å². The number of ether oxygens (including phenoxy) is 2. The van der Waals surface area contributed by atoms with E-state index >= 15 is 0 Å². The number of benzene rings is 2. The molecule has 5 nitrogen and oxygen atoms in total. The van der Waals surface area contributed by atoms with Crippen LogP contribution in [0.1, 0.15) is 27.3 Å². The van der Waals surface area contributed by atoms with Crippen molar-refractivity contribution in [3.63, 3.8) is 0 Å². The Morgan fingerprint density at radius 2 is 1.74 bits per heavy atom. The van der Waals surface area contributed by atoms with Gasteiger partial charge in [-0.25, -0.2) is 4.79 Å². The summed E-state index contributed by atoms with van der Waals surface area (Å²) >= 11 is 3.38. The van der Waals surface area contributed by atoms with Gasteiger partial charge in [0.25, 0.3) is 0 Å². The third-order valence-corrected chi connectivity index (χ3v) is 4.69. The van der Waals surface area contributed by atoms with Gasteiger partial charge in [-0.15, -0.1) is 0 Å². The maximum atomic E-state index is 12.5. The molecular weight excluding hydrogens is 408 g/mol. The molecule has 0 fully saturated rings. The molecule has 140 valence electrons. The van der Waals surface area contributed by atoms with E-state index in [1.807, 2.05) is 73.1 Å². The number of nitrogens with zero attached hydrogens (tertiary/aromatic N) is 2. The number of rotatable bonds is 7. The van der Waals surface area contributed by atoms with Crippen molar-refractivity contribution >= 4 is 21.9 Å². The van der Waals surface area contributed by atoms with Crippen LogP contribution in [0.3, 0.4) is 0 Å². The molecule has 0 aliphatic heterocycles. The fourth-order valence-corrected chi connectivity index (χ4v) is 3.06. The molecule has 2 aromatic carbocycles. The van der Waals surface area contributed by atoms with Gasteiger partial charge in [0.05, 0.1) is 17.9 Å². The fraction of sp³-hybridized carbons (Fsp3) is 0.238. The SMILES string of the molecule is Cc1nn(Cc2ccccc2)c(C)c1C(=O)OCCOc1ccc(Br)cc1. The lowest BCUT2D eigenvalue weighted by molar-refractivity contribution is 0.0448. The molecule has 6 heteroatoms. The van der Waals surface area contributed by atoms with E-state index in [2.05, 4.69) is 21.0 Å². The second-order valence-corrected chi connectivity index (χ2v) is 7.04. The van der Waals surface area contributed by atoms with Gasteiger partial charge in [0.2, 0.25) is 0 Å². The molecule has 0 N–H and O–H groups in total. The van der Waals surface area contributed by atoms with Crippen LogP contribution in [-0.2, 0) is 11.3 Å². The molecular formula is C21H21BrN2O3. The van der Waals surface area contributed by atoms with E-state index in [1.54, 1.807) is 0 Å². The summed E-state index contributed by atoms with van der Waals surface area (Å²) in [7, 11) is 0. The van der Waals surface area contributed by atoms with Crippen molar-refractivity contribution in [1.29, 1.82) is 0 Å². The first-order chi connectivity index (χ1) is 13.0. The van der Waals surface area contributed by atoms with Crippen molar-refractivity contribution < 1.29 is 14.3 Å². The molecule has 0 saturated heterocycles. The number of carbonyl (C=O) groups is 1. The maximum Gasteiger partial charge on any atom is 0.342 e. The van der Waals surface area contributed by atoms with Crippen LogP contribution in [-0.4, -0.2) is 29.0 Å². The molecule has 3 rings (SSSR count). The molecule has 0 radical (unpaired) electrons. The fourth-order valence-electron chi connectivity index (χ4n) is 2.80. The number of esters is 1. The van der Waals surface area contributed by atoms with E-state index < -0.39 is 0 Å². The van der Waals surface area contributed by atoms with Crippen molar-refractivity contribution in [3.8, 4) is 5.75 Å². The molecule has 0 amide bonds. The summed E-state index contributed by atoms with van der Waals surface area (Å²) in [5, 5.41) is 4.49. The average Bonchev–Trinajstić information content (AvgIpc) is 2.94. The average molecular weight is 429 g/mol. The molecule has 0 atom stereocenters. The predicted octanol–water partition coefficient (Wildman–Crippen LogP) is 4.55. The quantitative estimate of drug-likeness (QED) is 0.409. The number of aryl methyl sites for hydroxylation is 1. The summed E-state index contributed by atoms with van der Waals surface area (Å²) in [5.41, 5.74) is 3.12. The highest BCUT2D eigenvalue weighted by molar-refractivity contribution is 9.10. The Hall–Kier alpha value is -2.60. The van der Waals surface area contributed by atoms with Crippen LogP contribution in [0.5, 0.6) is 5.75 Å². The minimum atomic E-state index is -0.372. The molecule has 27 heavy (non-hydrogen) atoms. The summed E-state index contributed by atoms with van der Waals surface area (Å²) in [4.78, 5) is 12.5. The van der Waals surface area contributed by atoms with Gasteiger partial charge in [-0.05, 0) is 43.7 Å². The van der Waals surface area contributed by atoms with E-state index in [9.17, 15) is 4.79 Å². The third-order valence-electron chi connectivity index (χ3n) is 4.16. The predicted molar refractivity (Wildman–Crippen MR) is 107 cm³/mol. The summed E-state index contributed by atoms with van der Waals surface area (Å²) in [6.45, 7) is 4.80. The molecule has 0 spiro atoms. The van der Waals surface area contributed by atoms with Crippen LogP contribution in [0.15, 0.2) is 59.1 Å². The Morgan fingerprint density at radius 1 is 1.04 bits per heavy atom. The Kier molecular flexibility index (Phi) is 6.29. The first-order valence-corrected chi connectivity index (χ1v) is 9.47. The first-order valence-electron chi connectivity index (χ1n) is 8.68. The van der Waals surface area contributed by atoms with Crippen molar-refractivity contribution in [2.45, 2.75) is 20.4 Å². The summed E-state index contributed by atoms with van der Waals surface area (Å²) in [5.74, 6) is 0.362. The molecule has 1 heterocycles. The van der Waals surface area contributed by atoms with Crippen molar-refractivity contribution in [2.75, 3.05) is 13.2 Å². The lowest BCUT2D eigenvalue weighted by Crippen LogP contribution is -2.14. The molecule has 0 aliphatic rings. The van der Waals surface area contributed by atoms with Crippen LogP contribution in [0.2, 0.25) is 0 Å². The van der Waals surface area contributed by atoms with Gasteiger partial charge in [-0.3, -0.25) is 4.68 Å². The van der Waals surface area contributed by atoms with Gasteiger partial charge >= 0.3 is 5.97 Å². The van der Waals surface area contributed by atoms with Gasteiger partial charge in [0.1, 0.15) is 24.5 Å². The Balaban J connectivity index is 1.57. The topological polar surface area (TPSA) is 53.4 Å². The summed E-state index contributed by atoms with van der Waals surface area (Å²) in [6, 6.07) is 17.5. The molecule has 3 aromatic rings. The largest absolute Gasteiger partial charge is 0.490 e. The Bertz CT molecular complexity index is 905. The van der Waals surface area contributed by atoms with Crippen LogP contribution in [0, 0.1) is 13.8 Å². The van der Waals surface area contributed by atoms with Crippen molar-refractivity contribution in [3.05, 3.63) is 81.6 Å². The lowest BCUT2D eigenvalue weighted by Gasteiger charge is -2.08. The van der Waals surface area contributed by atoms with Gasteiger partial charge in [-0.2, -0.15) is 5.10 Å². The number of carbonyl (C=O) groups excluding carboxylic acids is 1. The lowest BCUT2D eigenvalue weighted by atomic mass is 10.2. The highest BCUT2D eigenvalue weighted by Crippen LogP contribution is 2.17. The van der Waals surface area contributed by atoms with E-state index in [0.717, 1.165) is 21.5 Å². The normalized spacial score (nSPS) is 10.6. The minimum absolute atomic E-state index is 0.178. The summed E-state index contributed by atoms with van der Waals surface area (Å²) in [6.07, 6.45) is 0. The highest BCUT2D eigenvalue weighted by atomic mass is 79.9. The minimum Gasteiger partial charge on any atom is -0.490 e. The van der Waals surface area contributed by atoms with E-state index in [4.69, 9.17) is 9.47 Å². The Labute approximate surface area is 167 Å². The van der Waals surface area contributed by atoms with Gasteiger partial charge in [0, 0.05) is 4.47 Å². The van der Waals surface area contributed by atoms with Gasteiger partial charge < -0.3 is 9.47 Å². The van der Waals surface area contributed by atoms with Crippen LogP contribution < -0.4 is 4.74 Å². The number of hydrogen-bond donors (Lipinski definition) is 0. The standard InChI is InChI=1S/C21H21BrN2O3/c1-15-20(16(2)24(23-15)14-17-6-4-3-5-7-17)21(25)27-13-12-26-19-10-8-18(22)9-11-19/h3-11H,12-14H2,1-2H3. The monoisotopic (exact) mass is 428 g/mol. The molecule has 0 aliphatic carbocycles. The van der Waals surface area contributed by atoms with E-state index in [1.165, 1.54) is 0 Å². The second kappa shape index (κ2) is 8.86. The van der Waals surface area contributed by atoms with Crippen LogP contribution >= 0.6 is 15.9 Å². The molecule has 0 saturated carbocycles. The first kappa shape index (κ1) is 19.2.